The number of nitrogens with zero attached hydrogens (tertiary/aromatic N) is 7. The van der Waals surface area contributed by atoms with Crippen molar-refractivity contribution in [1.82, 2.24) is 9.97 Å². The van der Waals surface area contributed by atoms with Crippen molar-refractivity contribution in [2.24, 2.45) is 10.2 Å². The molecule has 55 heavy (non-hydrogen) atoms. The normalized spacial score (nSPS) is 11.6. The van der Waals surface area contributed by atoms with Crippen molar-refractivity contribution < 1.29 is 22.5 Å². The average molecular weight is 752 g/mol. The van der Waals surface area contributed by atoms with Gasteiger partial charge in [0.25, 0.3) is 0 Å². The Hall–Kier alpha value is -6.45. The lowest BCUT2D eigenvalue weighted by atomic mass is 10.1. The fourth-order valence-electron chi connectivity index (χ4n) is 5.80. The second-order valence-electron chi connectivity index (χ2n) is 12.9. The van der Waals surface area contributed by atoms with E-state index in [0.29, 0.717) is 42.7 Å². The summed E-state index contributed by atoms with van der Waals surface area (Å²) in [6.45, 7) is 9.88. The van der Waals surface area contributed by atoms with E-state index in [0.717, 1.165) is 53.5 Å². The Bertz CT molecular complexity index is 2370. The number of imidazole rings is 1. The Morgan fingerprint density at radius 3 is 2.11 bits per heavy atom. The van der Waals surface area contributed by atoms with Gasteiger partial charge in [-0.3, -0.25) is 9.36 Å². The fourth-order valence-corrected chi connectivity index (χ4v) is 7.05. The van der Waals surface area contributed by atoms with Crippen LogP contribution < -0.4 is 14.5 Å². The molecular weight excluding hydrogens is 711 g/mol. The molecule has 2 heterocycles. The predicted molar refractivity (Wildman–Crippen MR) is 215 cm³/mol. The molecule has 6 rings (SSSR count). The third-order valence-electron chi connectivity index (χ3n) is 8.85. The molecule has 0 radical (unpaired) electrons. The summed E-state index contributed by atoms with van der Waals surface area (Å²) >= 11 is 0. The molecule has 4 aromatic carbocycles. The number of fused-ring (bicyclic) bond motifs is 1. The zero-order valence-corrected chi connectivity index (χ0v) is 31.3. The van der Waals surface area contributed by atoms with Crippen LogP contribution in [0.3, 0.4) is 0 Å². The van der Waals surface area contributed by atoms with Crippen LogP contribution in [0.15, 0.2) is 137 Å². The quantitative estimate of drug-likeness (QED) is 0.0300. The molecule has 0 aliphatic heterocycles. The van der Waals surface area contributed by atoms with E-state index in [9.17, 15) is 13.2 Å². The highest BCUT2D eigenvalue weighted by Gasteiger charge is 2.17. The number of carbonyl (C=O) groups is 1. The highest BCUT2D eigenvalue weighted by atomic mass is 32.2. The predicted octanol–water partition coefficient (Wildman–Crippen LogP) is 9.01. The van der Waals surface area contributed by atoms with Crippen molar-refractivity contribution in [1.29, 1.82) is 0 Å². The minimum absolute atomic E-state index is 0.0522. The van der Waals surface area contributed by atoms with Gasteiger partial charge in [-0.05, 0) is 103 Å². The molecule has 0 spiro atoms. The summed E-state index contributed by atoms with van der Waals surface area (Å²) in [7, 11) is -3.57. The van der Waals surface area contributed by atoms with Gasteiger partial charge in [-0.15, -0.1) is 0 Å². The average Bonchev–Trinajstić information content (AvgIpc) is 3.65. The van der Waals surface area contributed by atoms with Gasteiger partial charge in [0.1, 0.15) is 0 Å². The van der Waals surface area contributed by atoms with E-state index in [4.69, 9.17) is 11.3 Å². The van der Waals surface area contributed by atoms with Crippen molar-refractivity contribution in [2.45, 2.75) is 37.5 Å². The largest absolute Gasteiger partial charge is 0.466 e. The minimum Gasteiger partial charge on any atom is -0.466 e. The highest BCUT2D eigenvalue weighted by molar-refractivity contribution is 7.91. The van der Waals surface area contributed by atoms with Crippen molar-refractivity contribution in [2.75, 3.05) is 30.3 Å². The molecule has 0 fully saturated rings. The van der Waals surface area contributed by atoms with Crippen LogP contribution in [0.4, 0.5) is 22.7 Å². The number of anilines is 1. The summed E-state index contributed by atoms with van der Waals surface area (Å²) in [6.07, 6.45) is 11.2. The first-order valence-corrected chi connectivity index (χ1v) is 19.7. The van der Waals surface area contributed by atoms with Gasteiger partial charge in [-0.2, -0.15) is 10.2 Å². The summed E-state index contributed by atoms with van der Waals surface area (Å²) in [4.78, 5) is 26.0. The second kappa shape index (κ2) is 18.5. The lowest BCUT2D eigenvalue weighted by Crippen LogP contribution is -2.31. The number of hydrogen-bond acceptors (Lipinski definition) is 8. The maximum Gasteiger partial charge on any atom is 0.302 e. The Morgan fingerprint density at radius 1 is 0.818 bits per heavy atom. The molecule has 0 amide bonds. The smallest absolute Gasteiger partial charge is 0.302 e. The number of aromatic nitrogens is 3. The van der Waals surface area contributed by atoms with Crippen LogP contribution >= 0.6 is 0 Å². The molecule has 0 unspecified atom stereocenters. The minimum atomic E-state index is -3.57. The number of benzene rings is 4. The molecule has 0 N–H and O–H groups in total. The van der Waals surface area contributed by atoms with Gasteiger partial charge < -0.3 is 9.64 Å². The second-order valence-corrected chi connectivity index (χ2v) is 15.0. The summed E-state index contributed by atoms with van der Waals surface area (Å²) < 4.78 is 34.0. The number of rotatable bonds is 17. The van der Waals surface area contributed by atoms with Gasteiger partial charge >= 0.3 is 5.97 Å². The SMILES string of the molecule is [C-]#[N+]c1ccc(N=Nc2ccc(N(CCCCCCOC(C)=O)CCS(=O)(=O)c3ccc(/C=C/c4cc[n+](-c5nc6ccccc6[n-]5)cc4)cc3)cc2)cc1. The van der Waals surface area contributed by atoms with Crippen LogP contribution in [-0.4, -0.2) is 44.8 Å². The Labute approximate surface area is 321 Å². The van der Waals surface area contributed by atoms with Crippen molar-refractivity contribution in [3.8, 4) is 5.95 Å². The molecule has 0 aliphatic carbocycles. The molecular formula is C43H41N7O4S. The first-order chi connectivity index (χ1) is 26.8. The molecule has 278 valence electrons. The number of pyridine rings is 1. The number of carbonyl (C=O) groups excluding carboxylic acids is 1. The standard InChI is InChI=1S/C43H41N7O4S/c1-33(51)54-31-8-4-3-7-27-49(39-21-19-38(20-22-39)48-47-37-17-15-36(44-2)16-18-37)30-32-55(52,53)40-23-13-34(14-24-40)11-12-35-25-28-50(29-26-35)43-45-41-9-5-6-10-42(41)46-43/h5-6,9-26,28-29H,3-4,7-8,27,30-32H2,1H3/b12-11+,48-47?. The van der Waals surface area contributed by atoms with Crippen molar-refractivity contribution in [3.63, 3.8) is 0 Å². The van der Waals surface area contributed by atoms with Gasteiger partial charge in [0.05, 0.1) is 46.2 Å². The number of sulfone groups is 1. The summed E-state index contributed by atoms with van der Waals surface area (Å²) in [5.74, 6) is 0.283. The third kappa shape index (κ3) is 11.0. The first kappa shape index (κ1) is 38.3. The molecule has 12 heteroatoms. The first-order valence-electron chi connectivity index (χ1n) is 18.1. The van der Waals surface area contributed by atoms with Crippen molar-refractivity contribution >= 4 is 61.7 Å². The molecule has 0 atom stereocenters. The van der Waals surface area contributed by atoms with E-state index in [1.807, 2.05) is 102 Å². The van der Waals surface area contributed by atoms with Crippen LogP contribution in [0.25, 0.3) is 34.0 Å². The number of hydrogen-bond donors (Lipinski definition) is 0. The summed E-state index contributed by atoms with van der Waals surface area (Å²) in [5.41, 5.74) is 6.30. The van der Waals surface area contributed by atoms with E-state index in [2.05, 4.69) is 29.9 Å². The van der Waals surface area contributed by atoms with Crippen LogP contribution in [-0.2, 0) is 19.4 Å². The molecule has 0 saturated carbocycles. The summed E-state index contributed by atoms with van der Waals surface area (Å²) in [6, 6.07) is 33.1. The number of ether oxygens (including phenoxy) is 1. The molecule has 11 nitrogen and oxygen atoms in total. The molecule has 2 aromatic heterocycles. The van der Waals surface area contributed by atoms with Gasteiger partial charge in [-0.25, -0.2) is 23.2 Å². The maximum atomic E-state index is 13.5. The fraction of sp³-hybridized carbons (Fsp3) is 0.209. The monoisotopic (exact) mass is 751 g/mol. The number of unbranched alkanes of at least 4 members (excludes halogenated alkanes) is 3. The van der Waals surface area contributed by atoms with Crippen LogP contribution in [0.2, 0.25) is 0 Å². The van der Waals surface area contributed by atoms with E-state index in [1.54, 1.807) is 36.4 Å². The van der Waals surface area contributed by atoms with Crippen LogP contribution in [0.5, 0.6) is 0 Å². The van der Waals surface area contributed by atoms with E-state index >= 15 is 0 Å². The van der Waals surface area contributed by atoms with E-state index in [-0.39, 0.29) is 16.6 Å². The maximum absolute atomic E-state index is 13.5. The number of esters is 1. The zero-order valence-electron chi connectivity index (χ0n) is 30.5. The highest BCUT2D eigenvalue weighted by Crippen LogP contribution is 2.25. The Balaban J connectivity index is 1.07. The lowest BCUT2D eigenvalue weighted by molar-refractivity contribution is -0.603. The van der Waals surface area contributed by atoms with E-state index in [1.165, 1.54) is 6.92 Å². The molecule has 0 bridgehead atoms. The third-order valence-corrected chi connectivity index (χ3v) is 10.6. The summed E-state index contributed by atoms with van der Waals surface area (Å²) in [5, 5.41) is 8.59. The number of para-hydroxylation sites is 2. The molecule has 0 saturated heterocycles. The van der Waals surface area contributed by atoms with E-state index < -0.39 is 9.84 Å². The Morgan fingerprint density at radius 2 is 1.45 bits per heavy atom. The van der Waals surface area contributed by atoms with Gasteiger partial charge in [-0.1, -0.05) is 55.0 Å². The lowest BCUT2D eigenvalue weighted by Gasteiger charge is -2.25. The molecule has 0 aliphatic rings. The topological polar surface area (TPSA) is 124 Å². The number of azo groups is 1. The van der Waals surface area contributed by atoms with Crippen LogP contribution in [0, 0.1) is 6.57 Å². The van der Waals surface area contributed by atoms with Crippen LogP contribution in [0.1, 0.15) is 43.7 Å². The van der Waals surface area contributed by atoms with Gasteiger partial charge in [0.15, 0.2) is 15.5 Å². The Kier molecular flexibility index (Phi) is 12.9. The van der Waals surface area contributed by atoms with Gasteiger partial charge in [0.2, 0.25) is 5.95 Å². The van der Waals surface area contributed by atoms with Crippen molar-refractivity contribution in [3.05, 3.63) is 144 Å². The molecule has 6 aromatic rings. The van der Waals surface area contributed by atoms with Gasteiger partial charge in [0, 0.05) is 38.1 Å². The zero-order chi connectivity index (χ0) is 38.5.